The monoisotopic (exact) mass is 283 g/mol. The van der Waals surface area contributed by atoms with Gasteiger partial charge in [-0.05, 0) is 36.8 Å². The van der Waals surface area contributed by atoms with Crippen molar-refractivity contribution in [2.24, 2.45) is 0 Å². The molecule has 4 nitrogen and oxygen atoms in total. The summed E-state index contributed by atoms with van der Waals surface area (Å²) in [7, 11) is 0. The number of nitrogens with zero attached hydrogens (tertiary/aromatic N) is 2. The van der Waals surface area contributed by atoms with Gasteiger partial charge in [-0.2, -0.15) is 0 Å². The Morgan fingerprint density at radius 3 is 2.95 bits per heavy atom. The van der Waals surface area contributed by atoms with Crippen LogP contribution in [-0.2, 0) is 6.54 Å². The fourth-order valence-electron chi connectivity index (χ4n) is 2.15. The van der Waals surface area contributed by atoms with E-state index in [4.69, 9.17) is 0 Å². The van der Waals surface area contributed by atoms with Crippen LogP contribution < -0.4 is 10.9 Å². The van der Waals surface area contributed by atoms with Crippen LogP contribution in [0.5, 0.6) is 0 Å². The molecule has 3 rings (SSSR count). The largest absolute Gasteiger partial charge is 0.377 e. The van der Waals surface area contributed by atoms with Crippen LogP contribution in [0.15, 0.2) is 53.5 Å². The standard InChI is InChI=1S/C16H14FN3O/c1-11-5-6-13(17)14(8-11)18-10-12-9-16(21)20-7-3-2-4-15(20)19-12/h2-9,18H,10H2,1H3. The Balaban J connectivity index is 1.88. The van der Waals surface area contributed by atoms with Crippen LogP contribution in [-0.4, -0.2) is 9.38 Å². The number of benzene rings is 1. The minimum absolute atomic E-state index is 0.151. The molecule has 3 aromatic rings. The van der Waals surface area contributed by atoms with E-state index in [1.165, 1.54) is 16.5 Å². The van der Waals surface area contributed by atoms with Gasteiger partial charge in [0.2, 0.25) is 0 Å². The number of nitrogens with one attached hydrogen (secondary N) is 1. The van der Waals surface area contributed by atoms with Gasteiger partial charge in [-0.15, -0.1) is 0 Å². The molecule has 0 saturated carbocycles. The highest BCUT2D eigenvalue weighted by atomic mass is 19.1. The van der Waals surface area contributed by atoms with Gasteiger partial charge in [-0.25, -0.2) is 9.37 Å². The Labute approximate surface area is 120 Å². The summed E-state index contributed by atoms with van der Waals surface area (Å²) in [4.78, 5) is 16.3. The zero-order valence-electron chi connectivity index (χ0n) is 11.5. The van der Waals surface area contributed by atoms with Crippen LogP contribution in [0.25, 0.3) is 5.65 Å². The van der Waals surface area contributed by atoms with Crippen LogP contribution in [0, 0.1) is 12.7 Å². The highest BCUT2D eigenvalue weighted by Gasteiger charge is 2.05. The topological polar surface area (TPSA) is 46.4 Å². The van der Waals surface area contributed by atoms with Crippen molar-refractivity contribution >= 4 is 11.3 Å². The quantitative estimate of drug-likeness (QED) is 0.804. The molecule has 5 heteroatoms. The first-order valence-corrected chi connectivity index (χ1v) is 6.61. The third-order valence-corrected chi connectivity index (χ3v) is 3.21. The molecule has 0 spiro atoms. The van der Waals surface area contributed by atoms with Gasteiger partial charge in [-0.1, -0.05) is 12.1 Å². The van der Waals surface area contributed by atoms with E-state index < -0.39 is 0 Å². The zero-order valence-corrected chi connectivity index (χ0v) is 11.5. The van der Waals surface area contributed by atoms with Crippen molar-refractivity contribution in [2.75, 3.05) is 5.32 Å². The normalized spacial score (nSPS) is 10.8. The number of fused-ring (bicyclic) bond motifs is 1. The minimum atomic E-state index is -0.321. The summed E-state index contributed by atoms with van der Waals surface area (Å²) < 4.78 is 15.1. The number of aromatic nitrogens is 2. The van der Waals surface area contributed by atoms with Crippen LogP contribution in [0.4, 0.5) is 10.1 Å². The van der Waals surface area contributed by atoms with Crippen molar-refractivity contribution in [3.8, 4) is 0 Å². The highest BCUT2D eigenvalue weighted by molar-refractivity contribution is 5.47. The minimum Gasteiger partial charge on any atom is -0.377 e. The molecule has 2 aromatic heterocycles. The van der Waals surface area contributed by atoms with Gasteiger partial charge in [0.05, 0.1) is 17.9 Å². The van der Waals surface area contributed by atoms with E-state index in [0.29, 0.717) is 23.6 Å². The number of halogens is 1. The number of rotatable bonds is 3. The number of pyridine rings is 1. The predicted octanol–water partition coefficient (Wildman–Crippen LogP) is 2.75. The molecule has 0 aliphatic rings. The predicted molar refractivity (Wildman–Crippen MR) is 79.9 cm³/mol. The molecule has 0 aliphatic heterocycles. The molecule has 2 heterocycles. The SMILES string of the molecule is Cc1ccc(F)c(NCc2cc(=O)n3ccccc3n2)c1. The van der Waals surface area contributed by atoms with E-state index >= 15 is 0 Å². The molecule has 21 heavy (non-hydrogen) atoms. The summed E-state index contributed by atoms with van der Waals surface area (Å²) in [6.07, 6.45) is 1.67. The molecule has 0 aliphatic carbocycles. The molecule has 0 radical (unpaired) electrons. The lowest BCUT2D eigenvalue weighted by Gasteiger charge is -2.09. The summed E-state index contributed by atoms with van der Waals surface area (Å²) >= 11 is 0. The van der Waals surface area contributed by atoms with Gasteiger partial charge < -0.3 is 5.32 Å². The van der Waals surface area contributed by atoms with Crippen LogP contribution in [0.1, 0.15) is 11.3 Å². The van der Waals surface area contributed by atoms with Crippen molar-refractivity contribution in [3.05, 3.63) is 76.1 Å². The van der Waals surface area contributed by atoms with E-state index in [2.05, 4.69) is 10.3 Å². The average molecular weight is 283 g/mol. The lowest BCUT2D eigenvalue weighted by molar-refractivity contribution is 0.629. The summed E-state index contributed by atoms with van der Waals surface area (Å²) in [6.45, 7) is 2.19. The number of hydrogen-bond donors (Lipinski definition) is 1. The maximum atomic E-state index is 13.7. The molecule has 0 unspecified atom stereocenters. The first-order chi connectivity index (χ1) is 10.1. The van der Waals surface area contributed by atoms with E-state index in [-0.39, 0.29) is 11.4 Å². The van der Waals surface area contributed by atoms with Crippen molar-refractivity contribution < 1.29 is 4.39 Å². The molecular weight excluding hydrogens is 269 g/mol. The number of anilines is 1. The first-order valence-electron chi connectivity index (χ1n) is 6.61. The molecule has 0 bridgehead atoms. The van der Waals surface area contributed by atoms with Gasteiger partial charge >= 0.3 is 0 Å². The van der Waals surface area contributed by atoms with Crippen LogP contribution in [0.3, 0.4) is 0 Å². The summed E-state index contributed by atoms with van der Waals surface area (Å²) in [6, 6.07) is 11.7. The van der Waals surface area contributed by atoms with Gasteiger partial charge in [0.15, 0.2) is 0 Å². The fraction of sp³-hybridized carbons (Fsp3) is 0.125. The van der Waals surface area contributed by atoms with E-state index in [1.54, 1.807) is 30.5 Å². The van der Waals surface area contributed by atoms with Crippen LogP contribution in [0.2, 0.25) is 0 Å². The van der Waals surface area contributed by atoms with Gasteiger partial charge in [0.1, 0.15) is 11.5 Å². The van der Waals surface area contributed by atoms with Crippen molar-refractivity contribution in [1.82, 2.24) is 9.38 Å². The summed E-state index contributed by atoms with van der Waals surface area (Å²) in [5, 5.41) is 2.98. The second-order valence-corrected chi connectivity index (χ2v) is 4.85. The molecule has 1 N–H and O–H groups in total. The zero-order chi connectivity index (χ0) is 14.8. The molecule has 0 atom stereocenters. The molecular formula is C16H14FN3O. The first kappa shape index (κ1) is 13.3. The number of aryl methyl sites for hydroxylation is 1. The second-order valence-electron chi connectivity index (χ2n) is 4.85. The van der Waals surface area contributed by atoms with Gasteiger partial charge in [0.25, 0.3) is 5.56 Å². The maximum Gasteiger partial charge on any atom is 0.258 e. The Kier molecular flexibility index (Phi) is 3.39. The summed E-state index contributed by atoms with van der Waals surface area (Å²) in [5.74, 6) is -0.321. The maximum absolute atomic E-state index is 13.7. The Bertz CT molecular complexity index is 858. The van der Waals surface area contributed by atoms with E-state index in [9.17, 15) is 9.18 Å². The molecule has 0 saturated heterocycles. The third-order valence-electron chi connectivity index (χ3n) is 3.21. The molecule has 106 valence electrons. The number of hydrogen-bond acceptors (Lipinski definition) is 3. The molecule has 1 aromatic carbocycles. The van der Waals surface area contributed by atoms with E-state index in [0.717, 1.165) is 5.56 Å². The lowest BCUT2D eigenvalue weighted by atomic mass is 10.2. The fourth-order valence-corrected chi connectivity index (χ4v) is 2.15. The van der Waals surface area contributed by atoms with Crippen molar-refractivity contribution in [2.45, 2.75) is 13.5 Å². The van der Waals surface area contributed by atoms with Crippen molar-refractivity contribution in [1.29, 1.82) is 0 Å². The van der Waals surface area contributed by atoms with Crippen molar-refractivity contribution in [3.63, 3.8) is 0 Å². The second kappa shape index (κ2) is 5.36. The van der Waals surface area contributed by atoms with Gasteiger partial charge in [-0.3, -0.25) is 9.20 Å². The Morgan fingerprint density at radius 1 is 1.24 bits per heavy atom. The molecule has 0 amide bonds. The smallest absolute Gasteiger partial charge is 0.258 e. The average Bonchev–Trinajstić information content (AvgIpc) is 2.48. The Hall–Kier alpha value is -2.69. The highest BCUT2D eigenvalue weighted by Crippen LogP contribution is 2.16. The lowest BCUT2D eigenvalue weighted by Crippen LogP contribution is -2.16. The van der Waals surface area contributed by atoms with E-state index in [1.807, 2.05) is 13.0 Å². The summed E-state index contributed by atoms with van der Waals surface area (Å²) in [5.41, 5.74) is 2.37. The van der Waals surface area contributed by atoms with Crippen LogP contribution >= 0.6 is 0 Å². The molecule has 0 fully saturated rings. The Morgan fingerprint density at radius 2 is 2.10 bits per heavy atom. The third kappa shape index (κ3) is 2.76. The van der Waals surface area contributed by atoms with Gasteiger partial charge in [0, 0.05) is 12.3 Å².